The van der Waals surface area contributed by atoms with Gasteiger partial charge in [0.1, 0.15) is 12.4 Å². The Labute approximate surface area is 97.0 Å². The SMILES string of the molecule is CCOCCOc1c(C)cc(CO)cc1C. The molecule has 0 saturated heterocycles. The number of aliphatic hydroxyl groups is 1. The molecule has 0 aliphatic heterocycles. The summed E-state index contributed by atoms with van der Waals surface area (Å²) in [6.45, 7) is 7.90. The van der Waals surface area contributed by atoms with Crippen LogP contribution in [-0.2, 0) is 11.3 Å². The lowest BCUT2D eigenvalue weighted by Crippen LogP contribution is -2.08. The summed E-state index contributed by atoms with van der Waals surface area (Å²) in [6.07, 6.45) is 0. The van der Waals surface area contributed by atoms with E-state index in [1.54, 1.807) is 0 Å². The highest BCUT2D eigenvalue weighted by molar-refractivity contribution is 5.43. The summed E-state index contributed by atoms with van der Waals surface area (Å²) in [6, 6.07) is 3.89. The molecule has 0 radical (unpaired) electrons. The maximum absolute atomic E-state index is 9.06. The molecule has 0 saturated carbocycles. The van der Waals surface area contributed by atoms with Crippen LogP contribution in [0.3, 0.4) is 0 Å². The molecule has 0 unspecified atom stereocenters. The predicted octanol–water partition coefficient (Wildman–Crippen LogP) is 2.21. The smallest absolute Gasteiger partial charge is 0.125 e. The van der Waals surface area contributed by atoms with Crippen LogP contribution in [0.1, 0.15) is 23.6 Å². The van der Waals surface area contributed by atoms with Gasteiger partial charge in [-0.1, -0.05) is 12.1 Å². The van der Waals surface area contributed by atoms with E-state index in [4.69, 9.17) is 14.6 Å². The van der Waals surface area contributed by atoms with Crippen LogP contribution in [0, 0.1) is 13.8 Å². The van der Waals surface area contributed by atoms with Crippen molar-refractivity contribution in [1.82, 2.24) is 0 Å². The van der Waals surface area contributed by atoms with Crippen molar-refractivity contribution in [3.05, 3.63) is 28.8 Å². The number of rotatable bonds is 6. The van der Waals surface area contributed by atoms with Gasteiger partial charge in [0.25, 0.3) is 0 Å². The quantitative estimate of drug-likeness (QED) is 0.753. The van der Waals surface area contributed by atoms with E-state index in [-0.39, 0.29) is 6.61 Å². The summed E-state index contributed by atoms with van der Waals surface area (Å²) in [7, 11) is 0. The molecule has 0 amide bonds. The van der Waals surface area contributed by atoms with E-state index in [1.165, 1.54) is 0 Å². The van der Waals surface area contributed by atoms with Gasteiger partial charge in [0, 0.05) is 6.61 Å². The summed E-state index contributed by atoms with van der Waals surface area (Å²) in [5.41, 5.74) is 3.04. The number of hydrogen-bond donors (Lipinski definition) is 1. The monoisotopic (exact) mass is 224 g/mol. The van der Waals surface area contributed by atoms with E-state index in [0.717, 1.165) is 22.4 Å². The lowest BCUT2D eigenvalue weighted by molar-refractivity contribution is 0.109. The van der Waals surface area contributed by atoms with E-state index >= 15 is 0 Å². The third-order valence-electron chi connectivity index (χ3n) is 2.38. The zero-order valence-corrected chi connectivity index (χ0v) is 10.2. The van der Waals surface area contributed by atoms with Crippen LogP contribution in [0.5, 0.6) is 5.75 Å². The number of aryl methyl sites for hydroxylation is 2. The van der Waals surface area contributed by atoms with Crippen molar-refractivity contribution >= 4 is 0 Å². The average Bonchev–Trinajstić information content (AvgIpc) is 2.26. The zero-order chi connectivity index (χ0) is 12.0. The summed E-state index contributed by atoms with van der Waals surface area (Å²) in [4.78, 5) is 0. The highest BCUT2D eigenvalue weighted by Gasteiger charge is 2.05. The highest BCUT2D eigenvalue weighted by Crippen LogP contribution is 2.24. The molecule has 1 aromatic rings. The second kappa shape index (κ2) is 6.51. The molecule has 0 aromatic heterocycles. The van der Waals surface area contributed by atoms with Crippen LogP contribution in [0.2, 0.25) is 0 Å². The molecule has 0 atom stereocenters. The van der Waals surface area contributed by atoms with Crippen LogP contribution < -0.4 is 4.74 Å². The van der Waals surface area contributed by atoms with E-state index in [0.29, 0.717) is 19.8 Å². The number of ether oxygens (including phenoxy) is 2. The van der Waals surface area contributed by atoms with E-state index < -0.39 is 0 Å². The first-order valence-corrected chi connectivity index (χ1v) is 5.60. The lowest BCUT2D eigenvalue weighted by Gasteiger charge is -2.13. The van der Waals surface area contributed by atoms with Crippen molar-refractivity contribution in [3.63, 3.8) is 0 Å². The maximum atomic E-state index is 9.06. The van der Waals surface area contributed by atoms with Gasteiger partial charge >= 0.3 is 0 Å². The summed E-state index contributed by atoms with van der Waals surface area (Å²) < 4.78 is 10.9. The van der Waals surface area contributed by atoms with Crippen molar-refractivity contribution < 1.29 is 14.6 Å². The third-order valence-corrected chi connectivity index (χ3v) is 2.38. The fraction of sp³-hybridized carbons (Fsp3) is 0.538. The second-order valence-electron chi connectivity index (χ2n) is 3.76. The highest BCUT2D eigenvalue weighted by atomic mass is 16.5. The minimum absolute atomic E-state index is 0.0703. The molecule has 0 heterocycles. The first-order chi connectivity index (χ1) is 7.69. The Kier molecular flexibility index (Phi) is 5.29. The van der Waals surface area contributed by atoms with Crippen LogP contribution in [0.15, 0.2) is 12.1 Å². The Hall–Kier alpha value is -1.06. The molecular weight excluding hydrogens is 204 g/mol. The number of aliphatic hydroxyl groups excluding tert-OH is 1. The molecule has 0 spiro atoms. The van der Waals surface area contributed by atoms with Gasteiger partial charge in [0.05, 0.1) is 13.2 Å². The number of benzene rings is 1. The van der Waals surface area contributed by atoms with Crippen molar-refractivity contribution in [3.8, 4) is 5.75 Å². The molecule has 1 aromatic carbocycles. The summed E-state index contributed by atoms with van der Waals surface area (Å²) >= 11 is 0. The Bertz CT molecular complexity index is 311. The normalized spacial score (nSPS) is 10.5. The van der Waals surface area contributed by atoms with Crippen molar-refractivity contribution in [1.29, 1.82) is 0 Å². The molecule has 0 fully saturated rings. The van der Waals surface area contributed by atoms with Crippen molar-refractivity contribution in [2.75, 3.05) is 19.8 Å². The molecule has 16 heavy (non-hydrogen) atoms. The van der Waals surface area contributed by atoms with Gasteiger partial charge in [-0.2, -0.15) is 0 Å². The van der Waals surface area contributed by atoms with Crippen LogP contribution >= 0.6 is 0 Å². The minimum Gasteiger partial charge on any atom is -0.491 e. The fourth-order valence-corrected chi connectivity index (χ4v) is 1.71. The maximum Gasteiger partial charge on any atom is 0.125 e. The molecule has 0 bridgehead atoms. The van der Waals surface area contributed by atoms with Crippen LogP contribution in [-0.4, -0.2) is 24.9 Å². The molecule has 0 aliphatic carbocycles. The molecule has 90 valence electrons. The molecule has 1 rings (SSSR count). The number of hydrogen-bond acceptors (Lipinski definition) is 3. The second-order valence-corrected chi connectivity index (χ2v) is 3.76. The molecule has 1 N–H and O–H groups in total. The van der Waals surface area contributed by atoms with E-state index in [2.05, 4.69) is 0 Å². The predicted molar refractivity (Wildman–Crippen MR) is 63.8 cm³/mol. The van der Waals surface area contributed by atoms with Crippen LogP contribution in [0.4, 0.5) is 0 Å². The lowest BCUT2D eigenvalue weighted by atomic mass is 10.1. The van der Waals surface area contributed by atoms with Gasteiger partial charge in [-0.15, -0.1) is 0 Å². The van der Waals surface area contributed by atoms with Gasteiger partial charge in [0.15, 0.2) is 0 Å². The molecule has 0 aliphatic rings. The van der Waals surface area contributed by atoms with Gasteiger partial charge in [-0.05, 0) is 37.5 Å². The molecule has 3 nitrogen and oxygen atoms in total. The Balaban J connectivity index is 2.65. The molecular formula is C13H20O3. The van der Waals surface area contributed by atoms with E-state index in [9.17, 15) is 0 Å². The van der Waals surface area contributed by atoms with Gasteiger partial charge in [-0.3, -0.25) is 0 Å². The Morgan fingerprint density at radius 1 is 1.12 bits per heavy atom. The largest absolute Gasteiger partial charge is 0.491 e. The topological polar surface area (TPSA) is 38.7 Å². The summed E-state index contributed by atoms with van der Waals surface area (Å²) in [5, 5.41) is 9.06. The standard InChI is InChI=1S/C13H20O3/c1-4-15-5-6-16-13-10(2)7-12(9-14)8-11(13)3/h7-8,14H,4-6,9H2,1-3H3. The van der Waals surface area contributed by atoms with Gasteiger partial charge in [0.2, 0.25) is 0 Å². The third kappa shape index (κ3) is 3.51. The Morgan fingerprint density at radius 3 is 2.25 bits per heavy atom. The van der Waals surface area contributed by atoms with E-state index in [1.807, 2.05) is 32.9 Å². The molecule has 3 heteroatoms. The fourth-order valence-electron chi connectivity index (χ4n) is 1.71. The average molecular weight is 224 g/mol. The van der Waals surface area contributed by atoms with Crippen molar-refractivity contribution in [2.45, 2.75) is 27.4 Å². The van der Waals surface area contributed by atoms with Gasteiger partial charge < -0.3 is 14.6 Å². The summed E-state index contributed by atoms with van der Waals surface area (Å²) in [5.74, 6) is 0.900. The Morgan fingerprint density at radius 2 is 1.75 bits per heavy atom. The first-order valence-electron chi connectivity index (χ1n) is 5.60. The van der Waals surface area contributed by atoms with Crippen LogP contribution in [0.25, 0.3) is 0 Å². The van der Waals surface area contributed by atoms with Gasteiger partial charge in [-0.25, -0.2) is 0 Å². The minimum atomic E-state index is 0.0703. The zero-order valence-electron chi connectivity index (χ0n) is 10.2. The first kappa shape index (κ1) is 13.0. The van der Waals surface area contributed by atoms with Crippen molar-refractivity contribution in [2.24, 2.45) is 0 Å².